The van der Waals surface area contributed by atoms with Crippen molar-refractivity contribution in [2.75, 3.05) is 30.8 Å². The van der Waals surface area contributed by atoms with Crippen LogP contribution in [0, 0.1) is 5.82 Å². The van der Waals surface area contributed by atoms with Gasteiger partial charge >= 0.3 is 0 Å². The largest absolute Gasteiger partial charge is 0.375 e. The normalized spacial score (nSPS) is 10.5. The number of anilines is 1. The summed E-state index contributed by atoms with van der Waals surface area (Å²) < 4.78 is 13.6. The Hall–Kier alpha value is -1.72. The van der Waals surface area contributed by atoms with Crippen molar-refractivity contribution >= 4 is 35.0 Å². The van der Waals surface area contributed by atoms with E-state index < -0.39 is 0 Å². The van der Waals surface area contributed by atoms with Crippen molar-refractivity contribution in [3.05, 3.63) is 64.9 Å². The van der Waals surface area contributed by atoms with E-state index in [1.807, 2.05) is 25.2 Å². The van der Waals surface area contributed by atoms with E-state index in [2.05, 4.69) is 22.3 Å². The van der Waals surface area contributed by atoms with Gasteiger partial charge in [0, 0.05) is 42.2 Å². The lowest BCUT2D eigenvalue weighted by atomic mass is 10.2. The van der Waals surface area contributed by atoms with Gasteiger partial charge < -0.3 is 10.2 Å². The van der Waals surface area contributed by atoms with Crippen molar-refractivity contribution in [1.29, 1.82) is 0 Å². The number of nitrogens with one attached hydrogen (secondary N) is 1. The molecule has 0 heterocycles. The summed E-state index contributed by atoms with van der Waals surface area (Å²) in [6, 6.07) is 14.7. The van der Waals surface area contributed by atoms with Crippen LogP contribution in [0.15, 0.2) is 48.5 Å². The molecule has 0 bridgehead atoms. The van der Waals surface area contributed by atoms with E-state index in [0.717, 1.165) is 18.7 Å². The highest BCUT2D eigenvalue weighted by Gasteiger charge is 2.08. The van der Waals surface area contributed by atoms with Crippen LogP contribution < -0.4 is 10.2 Å². The number of hydrogen-bond donors (Lipinski definition) is 1. The highest BCUT2D eigenvalue weighted by atomic mass is 35.5. The molecule has 1 N–H and O–H groups in total. The number of para-hydroxylation sites is 1. The molecule has 2 rings (SSSR count). The van der Waals surface area contributed by atoms with Crippen molar-refractivity contribution in [3.8, 4) is 0 Å². The molecule has 0 aromatic heterocycles. The van der Waals surface area contributed by atoms with E-state index in [4.69, 9.17) is 11.6 Å². The van der Waals surface area contributed by atoms with E-state index in [-0.39, 0.29) is 11.7 Å². The van der Waals surface area contributed by atoms with Crippen molar-refractivity contribution in [2.45, 2.75) is 12.2 Å². The fraction of sp³-hybridized carbons (Fsp3) is 0.316. The summed E-state index contributed by atoms with van der Waals surface area (Å²) in [5.41, 5.74) is 1.61. The Morgan fingerprint density at radius 2 is 1.96 bits per heavy atom. The van der Waals surface area contributed by atoms with Crippen molar-refractivity contribution < 1.29 is 9.18 Å². The number of rotatable bonds is 9. The van der Waals surface area contributed by atoms with Crippen LogP contribution in [0.1, 0.15) is 12.0 Å². The fourth-order valence-corrected chi connectivity index (χ4v) is 3.52. The van der Waals surface area contributed by atoms with Crippen LogP contribution in [0.5, 0.6) is 0 Å². The van der Waals surface area contributed by atoms with E-state index in [1.54, 1.807) is 12.1 Å². The van der Waals surface area contributed by atoms with Gasteiger partial charge in [-0.05, 0) is 30.7 Å². The van der Waals surface area contributed by atoms with Crippen molar-refractivity contribution in [3.63, 3.8) is 0 Å². The van der Waals surface area contributed by atoms with Gasteiger partial charge in [-0.15, -0.1) is 11.8 Å². The Bertz CT molecular complexity index is 664. The summed E-state index contributed by atoms with van der Waals surface area (Å²) in [5, 5.41) is 3.29. The molecule has 25 heavy (non-hydrogen) atoms. The van der Waals surface area contributed by atoms with Gasteiger partial charge in [0.1, 0.15) is 5.82 Å². The Morgan fingerprint density at radius 1 is 1.20 bits per heavy atom. The number of carbonyl (C=O) groups is 1. The third-order valence-electron chi connectivity index (χ3n) is 3.73. The molecule has 0 spiro atoms. The molecular formula is C19H22ClFN2OS. The first-order chi connectivity index (χ1) is 12.1. The Labute approximate surface area is 157 Å². The van der Waals surface area contributed by atoms with Gasteiger partial charge in [0.05, 0.1) is 5.75 Å². The van der Waals surface area contributed by atoms with Crippen molar-refractivity contribution in [1.82, 2.24) is 5.32 Å². The Balaban J connectivity index is 1.61. The number of halogens is 2. The minimum atomic E-state index is -0.329. The van der Waals surface area contributed by atoms with E-state index in [9.17, 15) is 9.18 Å². The Kier molecular flexibility index (Phi) is 8.09. The van der Waals surface area contributed by atoms with Crippen LogP contribution in [-0.2, 0) is 10.5 Å². The second kappa shape index (κ2) is 10.3. The Morgan fingerprint density at radius 3 is 2.68 bits per heavy atom. The van der Waals surface area contributed by atoms with Gasteiger partial charge in [0.25, 0.3) is 0 Å². The zero-order valence-corrected chi connectivity index (χ0v) is 15.7. The van der Waals surface area contributed by atoms with Gasteiger partial charge in [0.2, 0.25) is 5.91 Å². The van der Waals surface area contributed by atoms with Crippen LogP contribution in [0.3, 0.4) is 0 Å². The number of nitrogens with zero attached hydrogens (tertiary/aromatic N) is 1. The lowest BCUT2D eigenvalue weighted by Crippen LogP contribution is -2.29. The average Bonchev–Trinajstić information content (AvgIpc) is 2.62. The zero-order valence-electron chi connectivity index (χ0n) is 14.2. The smallest absolute Gasteiger partial charge is 0.230 e. The summed E-state index contributed by atoms with van der Waals surface area (Å²) in [7, 11) is 2.03. The third-order valence-corrected chi connectivity index (χ3v) is 5.04. The van der Waals surface area contributed by atoms with Gasteiger partial charge in [-0.1, -0.05) is 35.9 Å². The molecule has 0 saturated carbocycles. The molecule has 2 aromatic rings. The molecule has 0 atom stereocenters. The molecule has 1 amide bonds. The maximum atomic E-state index is 13.6. The topological polar surface area (TPSA) is 32.3 Å². The van der Waals surface area contributed by atoms with Gasteiger partial charge in [-0.2, -0.15) is 0 Å². The van der Waals surface area contributed by atoms with Crippen LogP contribution in [0.4, 0.5) is 10.1 Å². The molecule has 134 valence electrons. The molecule has 6 heteroatoms. The first-order valence-corrected chi connectivity index (χ1v) is 9.64. The summed E-state index contributed by atoms with van der Waals surface area (Å²) >= 11 is 7.33. The van der Waals surface area contributed by atoms with E-state index >= 15 is 0 Å². The predicted octanol–water partition coefficient (Wildman–Crippen LogP) is 4.36. The van der Waals surface area contributed by atoms with E-state index in [1.165, 1.54) is 17.8 Å². The lowest BCUT2D eigenvalue weighted by molar-refractivity contribution is -0.118. The first kappa shape index (κ1) is 19.6. The minimum Gasteiger partial charge on any atom is -0.375 e. The number of carbonyl (C=O) groups excluding carboxylic acids is 1. The van der Waals surface area contributed by atoms with Crippen LogP contribution >= 0.6 is 23.4 Å². The number of amides is 1. The number of benzene rings is 2. The maximum Gasteiger partial charge on any atom is 0.230 e. The van der Waals surface area contributed by atoms with Crippen LogP contribution in [0.25, 0.3) is 0 Å². The molecule has 0 aliphatic heterocycles. The highest BCUT2D eigenvalue weighted by molar-refractivity contribution is 7.99. The molecule has 0 unspecified atom stereocenters. The number of thioether (sulfide) groups is 1. The first-order valence-electron chi connectivity index (χ1n) is 8.11. The summed E-state index contributed by atoms with van der Waals surface area (Å²) in [5.74, 6) is 0.304. The second-order valence-electron chi connectivity index (χ2n) is 5.65. The molecule has 0 aliphatic carbocycles. The van der Waals surface area contributed by atoms with Crippen LogP contribution in [-0.4, -0.2) is 31.8 Å². The fourth-order valence-electron chi connectivity index (χ4n) is 2.32. The van der Waals surface area contributed by atoms with Gasteiger partial charge in [-0.3, -0.25) is 4.79 Å². The molecule has 0 saturated heterocycles. The standard InChI is InChI=1S/C19H22ClFN2OS/c1-23(15-7-3-2-4-8-15)12-6-11-22-19(24)14-25-13-16-17(20)9-5-10-18(16)21/h2-5,7-10H,6,11-14H2,1H3,(H,22,24). The summed E-state index contributed by atoms with van der Waals surface area (Å²) in [4.78, 5) is 14.0. The molecular weight excluding hydrogens is 359 g/mol. The monoisotopic (exact) mass is 380 g/mol. The average molecular weight is 381 g/mol. The lowest BCUT2D eigenvalue weighted by Gasteiger charge is -2.19. The predicted molar refractivity (Wildman–Crippen MR) is 105 cm³/mol. The van der Waals surface area contributed by atoms with Gasteiger partial charge in [-0.25, -0.2) is 4.39 Å². The second-order valence-corrected chi connectivity index (χ2v) is 7.05. The quantitative estimate of drug-likeness (QED) is 0.656. The van der Waals surface area contributed by atoms with Crippen LogP contribution in [0.2, 0.25) is 5.02 Å². The zero-order chi connectivity index (χ0) is 18.1. The van der Waals surface area contributed by atoms with Crippen molar-refractivity contribution in [2.24, 2.45) is 0 Å². The highest BCUT2D eigenvalue weighted by Crippen LogP contribution is 2.23. The maximum absolute atomic E-state index is 13.6. The SMILES string of the molecule is CN(CCCNC(=O)CSCc1c(F)cccc1Cl)c1ccccc1. The number of hydrogen-bond acceptors (Lipinski definition) is 3. The molecule has 0 aliphatic rings. The molecule has 2 aromatic carbocycles. The summed E-state index contributed by atoms with van der Waals surface area (Å²) in [6.45, 7) is 1.49. The molecule has 0 radical (unpaired) electrons. The van der Waals surface area contributed by atoms with Gasteiger partial charge in [0.15, 0.2) is 0 Å². The third kappa shape index (κ3) is 6.59. The summed E-state index contributed by atoms with van der Waals surface area (Å²) in [6.07, 6.45) is 0.862. The minimum absolute atomic E-state index is 0.0418. The molecule has 3 nitrogen and oxygen atoms in total. The molecule has 0 fully saturated rings. The van der Waals surface area contributed by atoms with E-state index in [0.29, 0.717) is 28.6 Å².